The van der Waals surface area contributed by atoms with Crippen molar-refractivity contribution in [1.82, 2.24) is 4.98 Å². The quantitative estimate of drug-likeness (QED) is 0.665. The number of nitrogens with two attached hydrogens (primary N) is 1. The molecule has 1 aromatic heterocycles. The van der Waals surface area contributed by atoms with Crippen molar-refractivity contribution in [2.45, 2.75) is 32.3 Å². The lowest BCUT2D eigenvalue weighted by Crippen LogP contribution is -2.05. The van der Waals surface area contributed by atoms with Gasteiger partial charge in [0.1, 0.15) is 12.4 Å². The molecule has 1 aliphatic rings. The minimum absolute atomic E-state index is 0.540. The van der Waals surface area contributed by atoms with Gasteiger partial charge in [0.2, 0.25) is 0 Å². The van der Waals surface area contributed by atoms with Gasteiger partial charge in [0.25, 0.3) is 0 Å². The number of nitrogen functional groups attached to an aromatic ring is 1. The van der Waals surface area contributed by atoms with Crippen LogP contribution in [0.1, 0.15) is 28.8 Å². The van der Waals surface area contributed by atoms with Crippen molar-refractivity contribution in [2.75, 3.05) is 5.43 Å². The first-order valence-corrected chi connectivity index (χ1v) is 7.33. The van der Waals surface area contributed by atoms with E-state index in [4.69, 9.17) is 10.6 Å². The molecule has 0 unspecified atom stereocenters. The highest BCUT2D eigenvalue weighted by Gasteiger charge is 2.10. The molecule has 0 amide bonds. The lowest BCUT2D eigenvalue weighted by Gasteiger charge is -2.16. The molecule has 100 valence electrons. The number of anilines is 1. The van der Waals surface area contributed by atoms with E-state index in [1.54, 1.807) is 6.20 Å². The molecule has 0 saturated carbocycles. The van der Waals surface area contributed by atoms with Crippen LogP contribution >= 0.6 is 11.3 Å². The predicted octanol–water partition coefficient (Wildman–Crippen LogP) is 2.89. The van der Waals surface area contributed by atoms with Crippen molar-refractivity contribution in [3.05, 3.63) is 40.4 Å². The second-order valence-corrected chi connectivity index (χ2v) is 5.82. The summed E-state index contributed by atoms with van der Waals surface area (Å²) in [6.45, 7) is 0.540. The molecule has 1 heterocycles. The highest BCUT2D eigenvalue weighted by Crippen LogP contribution is 2.26. The summed E-state index contributed by atoms with van der Waals surface area (Å²) in [4.78, 5) is 5.18. The molecule has 0 radical (unpaired) electrons. The highest BCUT2D eigenvalue weighted by atomic mass is 32.1. The van der Waals surface area contributed by atoms with Gasteiger partial charge in [0.15, 0.2) is 5.13 Å². The number of hydrogen-bond acceptors (Lipinski definition) is 5. The average molecular weight is 275 g/mol. The zero-order valence-corrected chi connectivity index (χ0v) is 11.5. The van der Waals surface area contributed by atoms with Crippen molar-refractivity contribution < 1.29 is 4.74 Å². The van der Waals surface area contributed by atoms with E-state index in [0.717, 1.165) is 10.6 Å². The van der Waals surface area contributed by atoms with Crippen LogP contribution in [-0.2, 0) is 19.4 Å². The Kier molecular flexibility index (Phi) is 3.66. The van der Waals surface area contributed by atoms with Crippen molar-refractivity contribution in [1.29, 1.82) is 0 Å². The summed E-state index contributed by atoms with van der Waals surface area (Å²) in [7, 11) is 0. The number of thiazole rings is 1. The monoisotopic (exact) mass is 275 g/mol. The number of aromatic nitrogens is 1. The van der Waals surface area contributed by atoms with Crippen molar-refractivity contribution in [2.24, 2.45) is 5.84 Å². The van der Waals surface area contributed by atoms with E-state index in [1.165, 1.54) is 48.1 Å². The number of nitrogens with one attached hydrogen (secondary N) is 1. The first kappa shape index (κ1) is 12.4. The minimum Gasteiger partial charge on any atom is -0.488 e. The summed E-state index contributed by atoms with van der Waals surface area (Å²) in [6.07, 6.45) is 6.77. The summed E-state index contributed by atoms with van der Waals surface area (Å²) < 4.78 is 5.82. The van der Waals surface area contributed by atoms with Crippen LogP contribution in [0.15, 0.2) is 24.4 Å². The van der Waals surface area contributed by atoms with E-state index in [0.29, 0.717) is 11.7 Å². The van der Waals surface area contributed by atoms with Crippen LogP contribution in [0.4, 0.5) is 5.13 Å². The van der Waals surface area contributed by atoms with Crippen molar-refractivity contribution in [3.8, 4) is 5.75 Å². The summed E-state index contributed by atoms with van der Waals surface area (Å²) in [5, 5.41) is 0.712. The third-order valence-electron chi connectivity index (χ3n) is 3.38. The Morgan fingerprint density at radius 3 is 2.89 bits per heavy atom. The van der Waals surface area contributed by atoms with Crippen LogP contribution in [-0.4, -0.2) is 4.98 Å². The van der Waals surface area contributed by atoms with E-state index in [-0.39, 0.29) is 0 Å². The second kappa shape index (κ2) is 5.59. The van der Waals surface area contributed by atoms with Crippen molar-refractivity contribution in [3.63, 3.8) is 0 Å². The number of hydrogen-bond donors (Lipinski definition) is 2. The van der Waals surface area contributed by atoms with E-state index in [2.05, 4.69) is 28.6 Å². The van der Waals surface area contributed by atoms with Gasteiger partial charge in [-0.3, -0.25) is 5.43 Å². The van der Waals surface area contributed by atoms with Crippen LogP contribution < -0.4 is 16.0 Å². The summed E-state index contributed by atoms with van der Waals surface area (Å²) in [6, 6.07) is 6.44. The van der Waals surface area contributed by atoms with Gasteiger partial charge in [-0.15, -0.1) is 0 Å². The predicted molar refractivity (Wildman–Crippen MR) is 77.3 cm³/mol. The zero-order valence-electron chi connectivity index (χ0n) is 10.7. The maximum Gasteiger partial charge on any atom is 0.197 e. The molecule has 1 aromatic carbocycles. The Hall–Kier alpha value is -1.59. The molecule has 0 bridgehead atoms. The van der Waals surface area contributed by atoms with Crippen LogP contribution in [0.3, 0.4) is 0 Å². The summed E-state index contributed by atoms with van der Waals surface area (Å²) >= 11 is 1.51. The Bertz CT molecular complexity index is 568. The Morgan fingerprint density at radius 1 is 1.26 bits per heavy atom. The first-order valence-electron chi connectivity index (χ1n) is 6.51. The summed E-state index contributed by atoms with van der Waals surface area (Å²) in [5.74, 6) is 6.24. The molecular formula is C14H17N3OS. The van der Waals surface area contributed by atoms with E-state index >= 15 is 0 Å². The number of aryl methyl sites for hydroxylation is 2. The molecule has 19 heavy (non-hydrogen) atoms. The molecule has 5 heteroatoms. The molecule has 4 nitrogen and oxygen atoms in total. The largest absolute Gasteiger partial charge is 0.488 e. The SMILES string of the molecule is NNc1ncc(COc2ccc3c(c2)CCCC3)s1. The van der Waals surface area contributed by atoms with Crippen LogP contribution in [0.25, 0.3) is 0 Å². The molecule has 3 N–H and O–H groups in total. The lowest BCUT2D eigenvalue weighted by molar-refractivity contribution is 0.309. The Labute approximate surface area is 116 Å². The fourth-order valence-corrected chi connectivity index (χ4v) is 3.03. The molecular weight excluding hydrogens is 258 g/mol. The maximum atomic E-state index is 5.82. The first-order chi connectivity index (χ1) is 9.35. The summed E-state index contributed by atoms with van der Waals surface area (Å²) in [5.41, 5.74) is 5.46. The Balaban J connectivity index is 1.66. The lowest BCUT2D eigenvalue weighted by atomic mass is 9.92. The number of rotatable bonds is 4. The van der Waals surface area contributed by atoms with Gasteiger partial charge in [-0.2, -0.15) is 0 Å². The molecule has 0 atom stereocenters. The standard InChI is InChI=1S/C14H17N3OS/c15-17-14-16-8-13(19-14)9-18-12-6-5-10-3-1-2-4-11(10)7-12/h5-8H,1-4,9,15H2,(H,16,17). The van der Waals surface area contributed by atoms with Crippen LogP contribution in [0.2, 0.25) is 0 Å². The third kappa shape index (κ3) is 2.88. The van der Waals surface area contributed by atoms with Gasteiger partial charge in [-0.05, 0) is 48.9 Å². The normalized spacial score (nSPS) is 13.9. The zero-order chi connectivity index (χ0) is 13.1. The number of hydrazine groups is 1. The Morgan fingerprint density at radius 2 is 2.11 bits per heavy atom. The van der Waals surface area contributed by atoms with Gasteiger partial charge >= 0.3 is 0 Å². The van der Waals surface area contributed by atoms with Crippen LogP contribution in [0.5, 0.6) is 5.75 Å². The number of benzene rings is 1. The minimum atomic E-state index is 0.540. The van der Waals surface area contributed by atoms with Gasteiger partial charge in [0.05, 0.1) is 4.88 Å². The topological polar surface area (TPSA) is 60.2 Å². The fourth-order valence-electron chi connectivity index (χ4n) is 2.40. The molecule has 1 aliphatic carbocycles. The van der Waals surface area contributed by atoms with Gasteiger partial charge in [0, 0.05) is 6.20 Å². The van der Waals surface area contributed by atoms with Crippen molar-refractivity contribution >= 4 is 16.5 Å². The number of fused-ring (bicyclic) bond motifs is 1. The molecule has 0 saturated heterocycles. The molecule has 0 spiro atoms. The van der Waals surface area contributed by atoms with Gasteiger partial charge < -0.3 is 4.74 Å². The van der Waals surface area contributed by atoms with Gasteiger partial charge in [-0.1, -0.05) is 17.4 Å². The van der Waals surface area contributed by atoms with E-state index in [1.807, 2.05) is 0 Å². The van der Waals surface area contributed by atoms with Crippen LogP contribution in [0, 0.1) is 0 Å². The number of ether oxygens (including phenoxy) is 1. The third-order valence-corrected chi connectivity index (χ3v) is 4.28. The highest BCUT2D eigenvalue weighted by molar-refractivity contribution is 7.15. The number of nitrogens with zero attached hydrogens (tertiary/aromatic N) is 1. The average Bonchev–Trinajstić information content (AvgIpc) is 2.93. The smallest absolute Gasteiger partial charge is 0.197 e. The van der Waals surface area contributed by atoms with E-state index in [9.17, 15) is 0 Å². The fraction of sp³-hybridized carbons (Fsp3) is 0.357. The second-order valence-electron chi connectivity index (χ2n) is 4.70. The van der Waals surface area contributed by atoms with Gasteiger partial charge in [-0.25, -0.2) is 10.8 Å². The maximum absolute atomic E-state index is 5.82. The molecule has 0 fully saturated rings. The molecule has 2 aromatic rings. The van der Waals surface area contributed by atoms with E-state index < -0.39 is 0 Å². The molecule has 0 aliphatic heterocycles. The molecule has 3 rings (SSSR count).